The predicted octanol–water partition coefficient (Wildman–Crippen LogP) is 1.04. The molecule has 21 heavy (non-hydrogen) atoms. The number of aromatic nitrogens is 1. The van der Waals surface area contributed by atoms with Crippen LogP contribution in [0.5, 0.6) is 0 Å². The Bertz CT molecular complexity index is 472. The molecule has 5 nitrogen and oxygen atoms in total. The molecule has 1 aromatic heterocycles. The fourth-order valence-electron chi connectivity index (χ4n) is 3.36. The lowest BCUT2D eigenvalue weighted by Crippen LogP contribution is -2.54. The van der Waals surface area contributed by atoms with Crippen LogP contribution in [0.3, 0.4) is 0 Å². The first-order valence-electron chi connectivity index (χ1n) is 7.92. The average molecular weight is 288 g/mol. The van der Waals surface area contributed by atoms with Crippen molar-refractivity contribution in [2.45, 2.75) is 31.8 Å². The topological polar surface area (TPSA) is 48.5 Å². The van der Waals surface area contributed by atoms with Crippen molar-refractivity contribution in [2.75, 3.05) is 32.7 Å². The van der Waals surface area contributed by atoms with Crippen LogP contribution in [0.15, 0.2) is 24.5 Å². The molecule has 1 N–H and O–H groups in total. The predicted molar refractivity (Wildman–Crippen MR) is 81.8 cm³/mol. The Morgan fingerprint density at radius 1 is 1.38 bits per heavy atom. The lowest BCUT2D eigenvalue weighted by molar-refractivity contribution is -0.137. The zero-order chi connectivity index (χ0) is 14.7. The summed E-state index contributed by atoms with van der Waals surface area (Å²) in [5.41, 5.74) is 1.02. The van der Waals surface area contributed by atoms with Gasteiger partial charge in [0.2, 0.25) is 5.91 Å². The first-order chi connectivity index (χ1) is 10.3. The van der Waals surface area contributed by atoms with E-state index in [2.05, 4.69) is 22.1 Å². The summed E-state index contributed by atoms with van der Waals surface area (Å²) in [6, 6.07) is 4.12. The van der Waals surface area contributed by atoms with Gasteiger partial charge in [-0.25, -0.2) is 0 Å². The fourth-order valence-corrected chi connectivity index (χ4v) is 3.36. The van der Waals surface area contributed by atoms with E-state index in [0.29, 0.717) is 6.04 Å². The summed E-state index contributed by atoms with van der Waals surface area (Å²) in [7, 11) is 0. The number of hydrogen-bond donors (Lipinski definition) is 1. The number of amides is 1. The van der Waals surface area contributed by atoms with Gasteiger partial charge < -0.3 is 10.2 Å². The summed E-state index contributed by atoms with van der Waals surface area (Å²) in [6.07, 6.45) is 5.86. The van der Waals surface area contributed by atoms with Crippen LogP contribution in [0, 0.1) is 0 Å². The molecule has 3 heterocycles. The Labute approximate surface area is 126 Å². The maximum Gasteiger partial charge on any atom is 0.244 e. The molecule has 3 rings (SSSR count). The van der Waals surface area contributed by atoms with Gasteiger partial charge in [-0.2, -0.15) is 0 Å². The number of rotatable bonds is 3. The second-order valence-electron chi connectivity index (χ2n) is 6.01. The summed E-state index contributed by atoms with van der Waals surface area (Å²) < 4.78 is 0. The monoisotopic (exact) mass is 288 g/mol. The van der Waals surface area contributed by atoms with Gasteiger partial charge in [-0.05, 0) is 31.4 Å². The molecule has 2 fully saturated rings. The normalized spacial score (nSPS) is 25.0. The minimum absolute atomic E-state index is 0.186. The molecule has 2 atom stereocenters. The van der Waals surface area contributed by atoms with Crippen LogP contribution in [0.1, 0.15) is 31.4 Å². The molecule has 2 unspecified atom stereocenters. The lowest BCUT2D eigenvalue weighted by atomic mass is 10.0. The highest BCUT2D eigenvalue weighted by Crippen LogP contribution is 2.27. The maximum atomic E-state index is 13.0. The van der Waals surface area contributed by atoms with Gasteiger partial charge in [-0.3, -0.25) is 14.7 Å². The smallest absolute Gasteiger partial charge is 0.244 e. The summed E-state index contributed by atoms with van der Waals surface area (Å²) in [5.74, 6) is 0.245. The molecule has 0 spiro atoms. The Kier molecular flexibility index (Phi) is 4.51. The van der Waals surface area contributed by atoms with Crippen molar-refractivity contribution in [3.05, 3.63) is 30.1 Å². The third kappa shape index (κ3) is 3.09. The second kappa shape index (κ2) is 6.54. The zero-order valence-corrected chi connectivity index (χ0v) is 12.7. The van der Waals surface area contributed by atoms with Crippen LogP contribution in [-0.4, -0.2) is 59.5 Å². The van der Waals surface area contributed by atoms with Crippen molar-refractivity contribution in [1.82, 2.24) is 20.1 Å². The van der Waals surface area contributed by atoms with E-state index in [-0.39, 0.29) is 11.9 Å². The molecule has 2 saturated heterocycles. The number of nitrogens with zero attached hydrogens (tertiary/aromatic N) is 3. The van der Waals surface area contributed by atoms with Crippen LogP contribution in [0.4, 0.5) is 0 Å². The van der Waals surface area contributed by atoms with E-state index >= 15 is 0 Å². The lowest BCUT2D eigenvalue weighted by Gasteiger charge is -2.40. The van der Waals surface area contributed by atoms with E-state index in [4.69, 9.17) is 0 Å². The van der Waals surface area contributed by atoms with Gasteiger partial charge in [-0.15, -0.1) is 0 Å². The van der Waals surface area contributed by atoms with Gasteiger partial charge in [0.15, 0.2) is 0 Å². The van der Waals surface area contributed by atoms with E-state index in [9.17, 15) is 4.79 Å². The highest BCUT2D eigenvalue weighted by molar-refractivity contribution is 5.83. The summed E-state index contributed by atoms with van der Waals surface area (Å²) in [5, 5.41) is 3.40. The molecule has 2 aliphatic heterocycles. The molecular formula is C16H24N4O. The Hall–Kier alpha value is -1.46. The minimum Gasteiger partial charge on any atom is -0.341 e. The van der Waals surface area contributed by atoms with Crippen molar-refractivity contribution < 1.29 is 4.79 Å². The van der Waals surface area contributed by atoms with Gasteiger partial charge in [0, 0.05) is 51.2 Å². The van der Waals surface area contributed by atoms with Gasteiger partial charge in [-0.1, -0.05) is 6.07 Å². The van der Waals surface area contributed by atoms with Crippen LogP contribution in [0.25, 0.3) is 0 Å². The van der Waals surface area contributed by atoms with Crippen LogP contribution >= 0.6 is 0 Å². The highest BCUT2D eigenvalue weighted by Gasteiger charge is 2.35. The molecule has 0 radical (unpaired) electrons. The minimum atomic E-state index is -0.186. The number of carbonyl (C=O) groups is 1. The zero-order valence-electron chi connectivity index (χ0n) is 12.7. The van der Waals surface area contributed by atoms with Crippen molar-refractivity contribution in [3.8, 4) is 0 Å². The molecule has 0 aliphatic carbocycles. The Morgan fingerprint density at radius 3 is 2.86 bits per heavy atom. The summed E-state index contributed by atoms with van der Waals surface area (Å²) in [4.78, 5) is 21.6. The summed E-state index contributed by atoms with van der Waals surface area (Å²) in [6.45, 7) is 6.76. The number of nitrogens with one attached hydrogen (secondary N) is 1. The van der Waals surface area contributed by atoms with Gasteiger partial charge in [0.05, 0.1) is 0 Å². The standard InChI is InChI=1S/C16H24N4O/c1-13-11-18-7-10-20(13)15(14-5-4-6-17-12-14)16(21)19-8-2-3-9-19/h4-6,12-13,15,18H,2-3,7-11H2,1H3. The van der Waals surface area contributed by atoms with Gasteiger partial charge in [0.1, 0.15) is 6.04 Å². The quantitative estimate of drug-likeness (QED) is 0.903. The molecule has 0 saturated carbocycles. The summed E-state index contributed by atoms with van der Waals surface area (Å²) >= 11 is 0. The van der Waals surface area contributed by atoms with E-state index in [1.807, 2.05) is 23.2 Å². The van der Waals surface area contributed by atoms with E-state index in [1.54, 1.807) is 6.20 Å². The first kappa shape index (κ1) is 14.5. The third-order valence-corrected chi connectivity index (χ3v) is 4.54. The largest absolute Gasteiger partial charge is 0.341 e. The molecule has 1 aromatic rings. The van der Waals surface area contributed by atoms with Crippen molar-refractivity contribution >= 4 is 5.91 Å². The van der Waals surface area contributed by atoms with E-state index in [1.165, 1.54) is 0 Å². The van der Waals surface area contributed by atoms with Crippen LogP contribution in [-0.2, 0) is 4.79 Å². The Balaban J connectivity index is 1.88. The first-order valence-corrected chi connectivity index (χ1v) is 7.92. The number of hydrogen-bond acceptors (Lipinski definition) is 4. The second-order valence-corrected chi connectivity index (χ2v) is 6.01. The van der Waals surface area contributed by atoms with Crippen molar-refractivity contribution in [1.29, 1.82) is 0 Å². The average Bonchev–Trinajstić information content (AvgIpc) is 3.05. The molecule has 5 heteroatoms. The maximum absolute atomic E-state index is 13.0. The van der Waals surface area contributed by atoms with Crippen molar-refractivity contribution in [3.63, 3.8) is 0 Å². The molecule has 114 valence electrons. The molecular weight excluding hydrogens is 264 g/mol. The van der Waals surface area contributed by atoms with E-state index < -0.39 is 0 Å². The number of piperazine rings is 1. The third-order valence-electron chi connectivity index (χ3n) is 4.54. The van der Waals surface area contributed by atoms with Crippen LogP contribution < -0.4 is 5.32 Å². The Morgan fingerprint density at radius 2 is 2.19 bits per heavy atom. The van der Waals surface area contributed by atoms with Gasteiger partial charge >= 0.3 is 0 Å². The number of carbonyl (C=O) groups excluding carboxylic acids is 1. The molecule has 2 aliphatic rings. The molecule has 1 amide bonds. The van der Waals surface area contributed by atoms with E-state index in [0.717, 1.165) is 51.1 Å². The fraction of sp³-hybridized carbons (Fsp3) is 0.625. The SMILES string of the molecule is CC1CNCCN1C(C(=O)N1CCCC1)c1cccnc1. The molecule has 0 bridgehead atoms. The number of likely N-dealkylation sites (tertiary alicyclic amines) is 1. The van der Waals surface area contributed by atoms with Gasteiger partial charge in [0.25, 0.3) is 0 Å². The highest BCUT2D eigenvalue weighted by atomic mass is 16.2. The number of pyridine rings is 1. The van der Waals surface area contributed by atoms with Crippen LogP contribution in [0.2, 0.25) is 0 Å². The molecule has 0 aromatic carbocycles. The van der Waals surface area contributed by atoms with Crippen molar-refractivity contribution in [2.24, 2.45) is 0 Å².